The Bertz CT molecular complexity index is 789. The van der Waals surface area contributed by atoms with Crippen LogP contribution in [0.15, 0.2) is 42.5 Å². The Kier molecular flexibility index (Phi) is 8.18. The van der Waals surface area contributed by atoms with E-state index < -0.39 is 14.4 Å². The van der Waals surface area contributed by atoms with E-state index in [9.17, 15) is 5.11 Å². The third kappa shape index (κ3) is 6.36. The first-order valence-corrected chi connectivity index (χ1v) is 14.1. The zero-order valence-electron chi connectivity index (χ0n) is 20.2. The molecule has 0 aliphatic carbocycles. The fourth-order valence-corrected chi connectivity index (χ4v) is 4.49. The van der Waals surface area contributed by atoms with E-state index in [2.05, 4.69) is 96.4 Å². The maximum absolute atomic E-state index is 10.8. The molecule has 2 aromatic carbocycles. The van der Waals surface area contributed by atoms with Gasteiger partial charge in [-0.2, -0.15) is 0 Å². The Morgan fingerprint density at radius 3 is 2.10 bits per heavy atom. The first-order chi connectivity index (χ1) is 13.9. The summed E-state index contributed by atoms with van der Waals surface area (Å²) < 4.78 is 6.51. The van der Waals surface area contributed by atoms with E-state index in [1.165, 1.54) is 5.56 Å². The van der Waals surface area contributed by atoms with Crippen LogP contribution in [0, 0.1) is 13.8 Å². The molecule has 3 nitrogen and oxygen atoms in total. The summed E-state index contributed by atoms with van der Waals surface area (Å²) >= 11 is 0. The molecule has 0 unspecified atom stereocenters. The highest BCUT2D eigenvalue weighted by molar-refractivity contribution is 6.74. The van der Waals surface area contributed by atoms with Gasteiger partial charge in [-0.1, -0.05) is 58.0 Å². The van der Waals surface area contributed by atoms with Gasteiger partial charge in [0.25, 0.3) is 0 Å². The lowest BCUT2D eigenvalue weighted by atomic mass is 9.99. The predicted octanol–water partition coefficient (Wildman–Crippen LogP) is 6.87. The molecule has 2 N–H and O–H groups in total. The Labute approximate surface area is 185 Å². The van der Waals surface area contributed by atoms with Gasteiger partial charge in [0, 0.05) is 5.69 Å². The summed E-state index contributed by atoms with van der Waals surface area (Å²) in [6.07, 6.45) is 2.12. The lowest BCUT2D eigenvalue weighted by molar-refractivity contribution is 0.141. The molecule has 0 bridgehead atoms. The van der Waals surface area contributed by atoms with Gasteiger partial charge >= 0.3 is 0 Å². The number of aryl methyl sites for hydroxylation is 3. The van der Waals surface area contributed by atoms with Crippen LogP contribution in [0.1, 0.15) is 57.2 Å². The number of aliphatic hydroxyl groups is 1. The molecule has 0 saturated carbocycles. The van der Waals surface area contributed by atoms with Crippen LogP contribution in [-0.2, 0) is 6.42 Å². The molecule has 30 heavy (non-hydrogen) atoms. The molecule has 0 aromatic heterocycles. The molecule has 0 aliphatic rings. The number of hydrogen-bond acceptors (Lipinski definition) is 3. The van der Waals surface area contributed by atoms with E-state index in [-0.39, 0.29) is 11.1 Å². The van der Waals surface area contributed by atoms with Crippen LogP contribution in [0.3, 0.4) is 0 Å². The molecule has 2 atom stereocenters. The van der Waals surface area contributed by atoms with E-state index in [0.29, 0.717) is 0 Å². The number of nitrogens with one attached hydrogen (secondary N) is 1. The van der Waals surface area contributed by atoms with Crippen LogP contribution in [0.4, 0.5) is 5.69 Å². The predicted molar refractivity (Wildman–Crippen MR) is 132 cm³/mol. The van der Waals surface area contributed by atoms with Crippen LogP contribution in [0.2, 0.25) is 18.1 Å². The lowest BCUT2D eigenvalue weighted by Crippen LogP contribution is -2.43. The molecule has 0 saturated heterocycles. The molecule has 166 valence electrons. The molecule has 2 aromatic rings. The van der Waals surface area contributed by atoms with Crippen LogP contribution in [0.25, 0.3) is 0 Å². The number of anilines is 1. The van der Waals surface area contributed by atoms with Crippen molar-refractivity contribution in [3.8, 4) is 5.75 Å². The quantitative estimate of drug-likeness (QED) is 0.429. The summed E-state index contributed by atoms with van der Waals surface area (Å²) in [4.78, 5) is 0. The molecule has 0 amide bonds. The van der Waals surface area contributed by atoms with Crippen molar-refractivity contribution in [3.05, 3.63) is 59.2 Å². The maximum atomic E-state index is 10.8. The Morgan fingerprint density at radius 1 is 1.03 bits per heavy atom. The molecule has 0 heterocycles. The summed E-state index contributed by atoms with van der Waals surface area (Å²) in [5.74, 6) is 0.958. The second-order valence-electron chi connectivity index (χ2n) is 10.0. The third-order valence-electron chi connectivity index (χ3n) is 6.49. The van der Waals surface area contributed by atoms with E-state index in [1.807, 2.05) is 6.07 Å². The van der Waals surface area contributed by atoms with Crippen LogP contribution < -0.4 is 9.74 Å². The SMILES string of the molecule is CC[C@H](Nc1c(C)cc(O[Si](C)(C)C(C)(C)C)cc1C)[C@H](O)CCc1ccccc1. The first-order valence-electron chi connectivity index (χ1n) is 11.2. The monoisotopic (exact) mass is 427 g/mol. The van der Waals surface area contributed by atoms with Gasteiger partial charge in [-0.3, -0.25) is 0 Å². The van der Waals surface area contributed by atoms with E-state index >= 15 is 0 Å². The largest absolute Gasteiger partial charge is 0.543 e. The van der Waals surface area contributed by atoms with Crippen LogP contribution in [-0.4, -0.2) is 25.6 Å². The Morgan fingerprint density at radius 2 is 1.60 bits per heavy atom. The molecule has 4 heteroatoms. The van der Waals surface area contributed by atoms with Gasteiger partial charge < -0.3 is 14.8 Å². The number of benzene rings is 2. The van der Waals surface area contributed by atoms with Crippen LogP contribution >= 0.6 is 0 Å². The smallest absolute Gasteiger partial charge is 0.250 e. The summed E-state index contributed by atoms with van der Waals surface area (Å²) in [7, 11) is -1.87. The standard InChI is InChI=1S/C26H41NO2Si/c1-9-23(24(28)16-15-21-13-11-10-12-14-21)27-25-19(2)17-22(18-20(25)3)29-30(7,8)26(4,5)6/h10-14,17-18,23-24,27-28H,9,15-16H2,1-8H3/t23-,24+/m0/s1. The fourth-order valence-electron chi connectivity index (χ4n) is 3.47. The summed E-state index contributed by atoms with van der Waals surface area (Å²) in [6, 6.07) is 14.7. The van der Waals surface area contributed by atoms with Crippen molar-refractivity contribution in [2.24, 2.45) is 0 Å². The molecule has 0 spiro atoms. The Balaban J connectivity index is 2.10. The first kappa shape index (κ1) is 24.5. The normalized spacial score (nSPS) is 14.3. The van der Waals surface area contributed by atoms with Crippen LogP contribution in [0.5, 0.6) is 5.75 Å². The minimum absolute atomic E-state index is 0.0262. The fraction of sp³-hybridized carbons (Fsp3) is 0.538. The highest BCUT2D eigenvalue weighted by atomic mass is 28.4. The Hall–Kier alpha value is -1.78. The molecule has 2 rings (SSSR count). The third-order valence-corrected chi connectivity index (χ3v) is 10.8. The molecule has 0 radical (unpaired) electrons. The minimum atomic E-state index is -1.87. The van der Waals surface area contributed by atoms with Gasteiger partial charge in [-0.15, -0.1) is 0 Å². The number of aliphatic hydroxyl groups excluding tert-OH is 1. The van der Waals surface area contributed by atoms with Crippen molar-refractivity contribution < 1.29 is 9.53 Å². The molecule has 0 aliphatic heterocycles. The van der Waals surface area contributed by atoms with Crippen molar-refractivity contribution >= 4 is 14.0 Å². The van der Waals surface area contributed by atoms with Gasteiger partial charge in [-0.25, -0.2) is 0 Å². The molecule has 0 fully saturated rings. The van der Waals surface area contributed by atoms with E-state index in [0.717, 1.165) is 41.8 Å². The summed E-state index contributed by atoms with van der Waals surface area (Å²) in [5.41, 5.74) is 4.71. The highest BCUT2D eigenvalue weighted by Gasteiger charge is 2.39. The average molecular weight is 428 g/mol. The van der Waals surface area contributed by atoms with E-state index in [4.69, 9.17) is 4.43 Å². The zero-order valence-corrected chi connectivity index (χ0v) is 21.2. The van der Waals surface area contributed by atoms with Gasteiger partial charge in [0.05, 0.1) is 12.1 Å². The van der Waals surface area contributed by atoms with Crippen molar-refractivity contribution in [1.29, 1.82) is 0 Å². The zero-order chi connectivity index (χ0) is 22.5. The summed E-state index contributed by atoms with van der Waals surface area (Å²) in [6.45, 7) is 17.7. The highest BCUT2D eigenvalue weighted by Crippen LogP contribution is 2.38. The van der Waals surface area contributed by atoms with E-state index in [1.54, 1.807) is 0 Å². The van der Waals surface area contributed by atoms with Gasteiger partial charge in [0.1, 0.15) is 5.75 Å². The lowest BCUT2D eigenvalue weighted by Gasteiger charge is -2.36. The van der Waals surface area contributed by atoms with Gasteiger partial charge in [0.2, 0.25) is 8.32 Å². The second kappa shape index (κ2) is 10.0. The van der Waals surface area contributed by atoms with Crippen molar-refractivity contribution in [2.75, 3.05) is 5.32 Å². The minimum Gasteiger partial charge on any atom is -0.543 e. The second-order valence-corrected chi connectivity index (χ2v) is 14.8. The van der Waals surface area contributed by atoms with Gasteiger partial charge in [-0.05, 0) is 80.1 Å². The number of hydrogen-bond donors (Lipinski definition) is 2. The van der Waals surface area contributed by atoms with Crippen molar-refractivity contribution in [2.45, 2.75) is 91.1 Å². The average Bonchev–Trinajstić information content (AvgIpc) is 2.65. The summed E-state index contributed by atoms with van der Waals surface area (Å²) in [5, 5.41) is 14.6. The molecular formula is C26H41NO2Si. The maximum Gasteiger partial charge on any atom is 0.250 e. The number of rotatable bonds is 9. The topological polar surface area (TPSA) is 41.5 Å². The van der Waals surface area contributed by atoms with Crippen molar-refractivity contribution in [1.82, 2.24) is 0 Å². The van der Waals surface area contributed by atoms with Crippen molar-refractivity contribution in [3.63, 3.8) is 0 Å². The van der Waals surface area contributed by atoms with Gasteiger partial charge in [0.15, 0.2) is 0 Å². The molecular weight excluding hydrogens is 386 g/mol.